The van der Waals surface area contributed by atoms with Crippen molar-refractivity contribution in [1.82, 2.24) is 0 Å². The van der Waals surface area contributed by atoms with Gasteiger partial charge in [-0.15, -0.1) is 0 Å². The fraction of sp³-hybridized carbons (Fsp3) is 0.300. The van der Waals surface area contributed by atoms with E-state index in [1.165, 1.54) is 25.3 Å². The smallest absolute Gasteiger partial charge is 0.405 e. The van der Waals surface area contributed by atoms with Crippen molar-refractivity contribution < 1.29 is 17.9 Å². The van der Waals surface area contributed by atoms with Crippen LogP contribution in [0.5, 0.6) is 5.75 Å². The van der Waals surface area contributed by atoms with E-state index in [2.05, 4.69) is 5.32 Å². The van der Waals surface area contributed by atoms with Crippen LogP contribution in [0.2, 0.25) is 0 Å². The van der Waals surface area contributed by atoms with E-state index in [0.717, 1.165) is 0 Å². The van der Waals surface area contributed by atoms with Crippen LogP contribution in [-0.4, -0.2) is 19.8 Å². The van der Waals surface area contributed by atoms with Gasteiger partial charge in [-0.3, -0.25) is 0 Å². The number of nitriles is 1. The van der Waals surface area contributed by atoms with Crippen LogP contribution >= 0.6 is 0 Å². The Hall–Kier alpha value is -1.90. The molecule has 0 fully saturated rings. The number of alkyl halides is 3. The summed E-state index contributed by atoms with van der Waals surface area (Å²) < 4.78 is 40.8. The molecule has 0 spiro atoms. The summed E-state index contributed by atoms with van der Waals surface area (Å²) in [5.41, 5.74) is 0.535. The molecular formula is C10H9F3N2O. The summed E-state index contributed by atoms with van der Waals surface area (Å²) in [4.78, 5) is 0. The fourth-order valence-electron chi connectivity index (χ4n) is 1.10. The number of nitrogens with zero attached hydrogens (tertiary/aromatic N) is 1. The van der Waals surface area contributed by atoms with Gasteiger partial charge < -0.3 is 10.1 Å². The fourth-order valence-corrected chi connectivity index (χ4v) is 1.10. The first-order chi connectivity index (χ1) is 7.46. The Morgan fingerprint density at radius 1 is 1.44 bits per heavy atom. The zero-order valence-corrected chi connectivity index (χ0v) is 8.43. The van der Waals surface area contributed by atoms with Gasteiger partial charge in [0.25, 0.3) is 0 Å². The largest absolute Gasteiger partial charge is 0.495 e. The molecule has 0 aliphatic heterocycles. The van der Waals surface area contributed by atoms with Gasteiger partial charge in [0, 0.05) is 6.07 Å². The molecule has 0 atom stereocenters. The van der Waals surface area contributed by atoms with Crippen LogP contribution < -0.4 is 10.1 Å². The number of ether oxygens (including phenoxy) is 1. The molecule has 1 rings (SSSR count). The highest BCUT2D eigenvalue weighted by atomic mass is 19.4. The molecular weight excluding hydrogens is 221 g/mol. The van der Waals surface area contributed by atoms with Crippen LogP contribution in [0, 0.1) is 11.3 Å². The van der Waals surface area contributed by atoms with Crippen molar-refractivity contribution in [3.05, 3.63) is 23.8 Å². The van der Waals surface area contributed by atoms with Crippen LogP contribution in [0.4, 0.5) is 18.9 Å². The topological polar surface area (TPSA) is 45.0 Å². The average Bonchev–Trinajstić information content (AvgIpc) is 2.25. The van der Waals surface area contributed by atoms with Crippen molar-refractivity contribution in [3.63, 3.8) is 0 Å². The molecule has 0 saturated heterocycles. The molecule has 16 heavy (non-hydrogen) atoms. The van der Waals surface area contributed by atoms with Crippen molar-refractivity contribution in [2.45, 2.75) is 6.18 Å². The molecule has 0 aliphatic rings. The van der Waals surface area contributed by atoms with E-state index in [1.54, 1.807) is 0 Å². The zero-order valence-electron chi connectivity index (χ0n) is 8.43. The average molecular weight is 230 g/mol. The highest BCUT2D eigenvalue weighted by molar-refractivity contribution is 5.59. The Bertz CT molecular complexity index is 410. The van der Waals surface area contributed by atoms with Gasteiger partial charge in [-0.05, 0) is 12.1 Å². The molecule has 0 saturated carbocycles. The number of hydrogen-bond acceptors (Lipinski definition) is 3. The highest BCUT2D eigenvalue weighted by Crippen LogP contribution is 2.26. The number of nitrogens with one attached hydrogen (secondary N) is 1. The normalized spacial score (nSPS) is 10.7. The quantitative estimate of drug-likeness (QED) is 0.867. The molecule has 86 valence electrons. The van der Waals surface area contributed by atoms with E-state index >= 15 is 0 Å². The van der Waals surface area contributed by atoms with Crippen molar-refractivity contribution >= 4 is 5.69 Å². The summed E-state index contributed by atoms with van der Waals surface area (Å²) in [5, 5.41) is 10.8. The Labute approximate surface area is 90.4 Å². The van der Waals surface area contributed by atoms with Crippen LogP contribution in [0.1, 0.15) is 5.56 Å². The van der Waals surface area contributed by atoms with Gasteiger partial charge in [-0.1, -0.05) is 0 Å². The Kier molecular flexibility index (Phi) is 3.61. The minimum Gasteiger partial charge on any atom is -0.495 e. The molecule has 1 aromatic rings. The predicted octanol–water partition coefficient (Wildman–Crippen LogP) is 2.54. The van der Waals surface area contributed by atoms with Gasteiger partial charge in [0.1, 0.15) is 12.3 Å². The summed E-state index contributed by atoms with van der Waals surface area (Å²) in [6.45, 7) is -1.14. The Morgan fingerprint density at radius 2 is 2.12 bits per heavy atom. The number of rotatable bonds is 3. The number of anilines is 1. The molecule has 6 heteroatoms. The van der Waals surface area contributed by atoms with E-state index in [9.17, 15) is 13.2 Å². The monoisotopic (exact) mass is 230 g/mol. The minimum absolute atomic E-state index is 0.207. The van der Waals surface area contributed by atoms with Crippen LogP contribution in [-0.2, 0) is 0 Å². The second-order valence-electron chi connectivity index (χ2n) is 3.00. The third kappa shape index (κ3) is 3.35. The summed E-state index contributed by atoms with van der Waals surface area (Å²) >= 11 is 0. The maximum absolute atomic E-state index is 12.0. The van der Waals surface area contributed by atoms with Crippen LogP contribution in [0.25, 0.3) is 0 Å². The molecule has 3 nitrogen and oxygen atoms in total. The number of halogens is 3. The van der Waals surface area contributed by atoms with E-state index < -0.39 is 12.7 Å². The van der Waals surface area contributed by atoms with Crippen molar-refractivity contribution in [1.29, 1.82) is 5.26 Å². The second-order valence-corrected chi connectivity index (χ2v) is 3.00. The molecule has 0 aromatic heterocycles. The first kappa shape index (κ1) is 12.2. The van der Waals surface area contributed by atoms with Gasteiger partial charge in [-0.25, -0.2) is 0 Å². The lowest BCUT2D eigenvalue weighted by Crippen LogP contribution is -2.21. The predicted molar refractivity (Wildman–Crippen MR) is 52.3 cm³/mol. The summed E-state index contributed by atoms with van der Waals surface area (Å²) in [6, 6.07) is 6.04. The molecule has 0 bridgehead atoms. The Morgan fingerprint density at radius 3 is 2.62 bits per heavy atom. The lowest BCUT2D eigenvalue weighted by Gasteiger charge is -2.12. The third-order valence-corrected chi connectivity index (χ3v) is 1.81. The van der Waals surface area contributed by atoms with E-state index in [-0.39, 0.29) is 11.4 Å². The third-order valence-electron chi connectivity index (χ3n) is 1.81. The Balaban J connectivity index is 2.85. The standard InChI is InChI=1S/C10H9F3N2O/c1-16-9-4-7(5-14)2-3-8(9)15-6-10(11,12)13/h2-4,15H,6H2,1H3. The van der Waals surface area contributed by atoms with E-state index in [1.807, 2.05) is 6.07 Å². The molecule has 1 aromatic carbocycles. The summed E-state index contributed by atoms with van der Waals surface area (Å²) in [6.07, 6.45) is -4.29. The van der Waals surface area contributed by atoms with Gasteiger partial charge >= 0.3 is 6.18 Å². The van der Waals surface area contributed by atoms with E-state index in [0.29, 0.717) is 5.56 Å². The molecule has 1 N–H and O–H groups in total. The molecule has 0 aliphatic carbocycles. The zero-order chi connectivity index (χ0) is 12.2. The van der Waals surface area contributed by atoms with Gasteiger partial charge in [0.2, 0.25) is 0 Å². The maximum atomic E-state index is 12.0. The second kappa shape index (κ2) is 4.75. The highest BCUT2D eigenvalue weighted by Gasteiger charge is 2.27. The van der Waals surface area contributed by atoms with Crippen LogP contribution in [0.3, 0.4) is 0 Å². The minimum atomic E-state index is -4.29. The van der Waals surface area contributed by atoms with Gasteiger partial charge in [-0.2, -0.15) is 18.4 Å². The maximum Gasteiger partial charge on any atom is 0.405 e. The summed E-state index contributed by atoms with van der Waals surface area (Å²) in [7, 11) is 1.33. The molecule has 0 unspecified atom stereocenters. The lowest BCUT2D eigenvalue weighted by molar-refractivity contribution is -0.115. The van der Waals surface area contributed by atoms with Crippen molar-refractivity contribution in [2.75, 3.05) is 19.0 Å². The number of methoxy groups -OCH3 is 1. The molecule has 0 heterocycles. The van der Waals surface area contributed by atoms with Gasteiger partial charge in [0.15, 0.2) is 0 Å². The lowest BCUT2D eigenvalue weighted by atomic mass is 10.2. The van der Waals surface area contributed by atoms with Crippen molar-refractivity contribution in [2.24, 2.45) is 0 Å². The van der Waals surface area contributed by atoms with Crippen LogP contribution in [0.15, 0.2) is 18.2 Å². The van der Waals surface area contributed by atoms with Crippen molar-refractivity contribution in [3.8, 4) is 11.8 Å². The number of benzene rings is 1. The molecule has 0 radical (unpaired) electrons. The van der Waals surface area contributed by atoms with Gasteiger partial charge in [0.05, 0.1) is 24.4 Å². The molecule has 0 amide bonds. The van der Waals surface area contributed by atoms with E-state index in [4.69, 9.17) is 10.00 Å². The summed E-state index contributed by atoms with van der Waals surface area (Å²) in [5.74, 6) is 0.211. The first-order valence-electron chi connectivity index (χ1n) is 4.35. The number of hydrogen-bond donors (Lipinski definition) is 1. The SMILES string of the molecule is COc1cc(C#N)ccc1NCC(F)(F)F. The first-order valence-corrected chi connectivity index (χ1v) is 4.35.